The molecule has 2 rings (SSSR count). The van der Waals surface area contributed by atoms with Gasteiger partial charge in [-0.05, 0) is 44.2 Å². The van der Waals surface area contributed by atoms with Crippen LogP contribution >= 0.6 is 0 Å². The van der Waals surface area contributed by atoms with Crippen LogP contribution in [0.1, 0.15) is 37.7 Å². The van der Waals surface area contributed by atoms with Crippen molar-refractivity contribution in [1.29, 1.82) is 0 Å². The molecule has 1 fully saturated rings. The summed E-state index contributed by atoms with van der Waals surface area (Å²) >= 11 is 0. The highest BCUT2D eigenvalue weighted by Gasteiger charge is 2.27. The van der Waals surface area contributed by atoms with Crippen LogP contribution in [0.4, 0.5) is 0 Å². The van der Waals surface area contributed by atoms with Crippen LogP contribution in [0.5, 0.6) is 5.75 Å². The highest BCUT2D eigenvalue weighted by Crippen LogP contribution is 2.25. The van der Waals surface area contributed by atoms with E-state index in [2.05, 4.69) is 0 Å². The normalized spacial score (nSPS) is 14.6. The summed E-state index contributed by atoms with van der Waals surface area (Å²) in [6.07, 6.45) is 4.44. The molecule has 21 heavy (non-hydrogen) atoms. The molecule has 0 saturated heterocycles. The minimum Gasteiger partial charge on any atom is -0.493 e. The van der Waals surface area contributed by atoms with Crippen molar-refractivity contribution in [3.05, 3.63) is 29.8 Å². The number of aliphatic hydroxyl groups is 1. The maximum absolute atomic E-state index is 12.3. The van der Waals surface area contributed by atoms with Gasteiger partial charge in [-0.2, -0.15) is 0 Å². The second-order valence-corrected chi connectivity index (χ2v) is 5.61. The van der Waals surface area contributed by atoms with Gasteiger partial charge in [-0.15, -0.1) is 0 Å². The van der Waals surface area contributed by atoms with Crippen LogP contribution in [0, 0.1) is 6.92 Å². The summed E-state index contributed by atoms with van der Waals surface area (Å²) in [4.78, 5) is 14.3. The molecule has 1 aliphatic rings. The van der Waals surface area contributed by atoms with Gasteiger partial charge in [0.2, 0.25) is 5.91 Å². The molecule has 4 heteroatoms. The zero-order chi connectivity index (χ0) is 15.1. The number of nitrogens with zero attached hydrogens (tertiary/aromatic N) is 1. The fourth-order valence-electron chi connectivity index (χ4n) is 2.56. The molecule has 0 aliphatic heterocycles. The van der Waals surface area contributed by atoms with E-state index in [0.717, 1.165) is 24.2 Å². The van der Waals surface area contributed by atoms with Crippen molar-refractivity contribution in [2.75, 3.05) is 19.8 Å². The van der Waals surface area contributed by atoms with Gasteiger partial charge in [0, 0.05) is 19.2 Å². The Morgan fingerprint density at radius 1 is 1.38 bits per heavy atom. The van der Waals surface area contributed by atoms with Crippen molar-refractivity contribution < 1.29 is 14.6 Å². The van der Waals surface area contributed by atoms with Gasteiger partial charge in [-0.3, -0.25) is 4.79 Å². The topological polar surface area (TPSA) is 49.8 Å². The Kier molecular flexibility index (Phi) is 6.05. The molecule has 1 saturated carbocycles. The Morgan fingerprint density at radius 2 is 2.14 bits per heavy atom. The molecule has 4 nitrogen and oxygen atoms in total. The van der Waals surface area contributed by atoms with E-state index in [1.807, 2.05) is 36.1 Å². The Hall–Kier alpha value is -1.55. The lowest BCUT2D eigenvalue weighted by Gasteiger charge is -2.37. The lowest BCUT2D eigenvalue weighted by Crippen LogP contribution is -2.45. The van der Waals surface area contributed by atoms with Crippen molar-refractivity contribution >= 4 is 5.91 Å². The minimum atomic E-state index is 0.135. The summed E-state index contributed by atoms with van der Waals surface area (Å²) in [6, 6.07) is 8.21. The standard InChI is InChI=1S/C17H25NO3/c1-14-6-2-3-9-16(14)21-13-10-17(20)18(11-5-12-19)15-7-4-8-15/h2-3,6,9,15,19H,4-5,7-8,10-13H2,1H3. The lowest BCUT2D eigenvalue weighted by atomic mass is 9.91. The van der Waals surface area contributed by atoms with E-state index >= 15 is 0 Å². The monoisotopic (exact) mass is 291 g/mol. The van der Waals surface area contributed by atoms with E-state index in [1.165, 1.54) is 6.42 Å². The molecule has 1 aromatic carbocycles. The van der Waals surface area contributed by atoms with Gasteiger partial charge in [0.25, 0.3) is 0 Å². The van der Waals surface area contributed by atoms with Crippen LogP contribution in [0.2, 0.25) is 0 Å². The molecule has 0 spiro atoms. The number of carbonyl (C=O) groups is 1. The molecular formula is C17H25NO3. The van der Waals surface area contributed by atoms with Crippen LogP contribution in [0.25, 0.3) is 0 Å². The SMILES string of the molecule is Cc1ccccc1OCCC(=O)N(CCCO)C1CCC1. The molecule has 1 aliphatic carbocycles. The first-order chi connectivity index (χ1) is 10.2. The third-order valence-corrected chi connectivity index (χ3v) is 4.06. The van der Waals surface area contributed by atoms with Gasteiger partial charge < -0.3 is 14.7 Å². The first-order valence-electron chi connectivity index (χ1n) is 7.81. The third kappa shape index (κ3) is 4.46. The van der Waals surface area contributed by atoms with Crippen LogP contribution in [-0.4, -0.2) is 41.7 Å². The Bertz CT molecular complexity index is 457. The second kappa shape index (κ2) is 8.03. The van der Waals surface area contributed by atoms with Crippen molar-refractivity contribution in [2.45, 2.75) is 45.1 Å². The number of aryl methyl sites for hydroxylation is 1. The van der Waals surface area contributed by atoms with Gasteiger partial charge in [0.05, 0.1) is 13.0 Å². The summed E-state index contributed by atoms with van der Waals surface area (Å²) < 4.78 is 5.70. The van der Waals surface area contributed by atoms with Gasteiger partial charge in [0.15, 0.2) is 0 Å². The summed E-state index contributed by atoms with van der Waals surface area (Å²) in [5.74, 6) is 0.984. The van der Waals surface area contributed by atoms with Crippen molar-refractivity contribution in [1.82, 2.24) is 4.90 Å². The minimum absolute atomic E-state index is 0.135. The average Bonchev–Trinajstić information content (AvgIpc) is 2.43. The van der Waals surface area contributed by atoms with Crippen molar-refractivity contribution in [3.8, 4) is 5.75 Å². The lowest BCUT2D eigenvalue weighted by molar-refractivity contribution is -0.136. The van der Waals surface area contributed by atoms with Crippen LogP contribution < -0.4 is 4.74 Å². The highest BCUT2D eigenvalue weighted by molar-refractivity contribution is 5.76. The molecule has 0 radical (unpaired) electrons. The summed E-state index contributed by atoms with van der Waals surface area (Å²) in [5.41, 5.74) is 1.08. The number of para-hydroxylation sites is 1. The van der Waals surface area contributed by atoms with Gasteiger partial charge >= 0.3 is 0 Å². The average molecular weight is 291 g/mol. The molecule has 1 N–H and O–H groups in total. The van der Waals surface area contributed by atoms with Crippen molar-refractivity contribution in [2.24, 2.45) is 0 Å². The van der Waals surface area contributed by atoms with E-state index in [0.29, 0.717) is 32.0 Å². The zero-order valence-corrected chi connectivity index (χ0v) is 12.8. The Balaban J connectivity index is 1.80. The maximum atomic E-state index is 12.3. The fraction of sp³-hybridized carbons (Fsp3) is 0.588. The number of ether oxygens (including phenoxy) is 1. The molecule has 0 atom stereocenters. The largest absolute Gasteiger partial charge is 0.493 e. The molecule has 0 unspecified atom stereocenters. The molecule has 1 aromatic rings. The zero-order valence-electron chi connectivity index (χ0n) is 12.8. The third-order valence-electron chi connectivity index (χ3n) is 4.06. The summed E-state index contributed by atoms with van der Waals surface area (Å²) in [6.45, 7) is 3.20. The number of benzene rings is 1. The number of aliphatic hydroxyl groups excluding tert-OH is 1. The van der Waals surface area contributed by atoms with E-state index < -0.39 is 0 Å². The molecule has 0 aromatic heterocycles. The van der Waals surface area contributed by atoms with Crippen LogP contribution in [0.15, 0.2) is 24.3 Å². The molecular weight excluding hydrogens is 266 g/mol. The van der Waals surface area contributed by atoms with Gasteiger partial charge in [-0.25, -0.2) is 0 Å². The van der Waals surface area contributed by atoms with Gasteiger partial charge in [-0.1, -0.05) is 18.2 Å². The van der Waals surface area contributed by atoms with E-state index in [9.17, 15) is 4.79 Å². The smallest absolute Gasteiger partial charge is 0.226 e. The first-order valence-corrected chi connectivity index (χ1v) is 7.81. The number of hydrogen-bond donors (Lipinski definition) is 1. The molecule has 116 valence electrons. The van der Waals surface area contributed by atoms with E-state index in [4.69, 9.17) is 9.84 Å². The highest BCUT2D eigenvalue weighted by atomic mass is 16.5. The molecule has 0 heterocycles. The van der Waals surface area contributed by atoms with Gasteiger partial charge in [0.1, 0.15) is 5.75 Å². The Labute approximate surface area is 126 Å². The second-order valence-electron chi connectivity index (χ2n) is 5.61. The number of carbonyl (C=O) groups excluding carboxylic acids is 1. The number of rotatable bonds is 8. The first kappa shape index (κ1) is 15.8. The Morgan fingerprint density at radius 3 is 2.76 bits per heavy atom. The van der Waals surface area contributed by atoms with Crippen LogP contribution in [-0.2, 0) is 4.79 Å². The summed E-state index contributed by atoms with van der Waals surface area (Å²) in [7, 11) is 0. The number of amides is 1. The number of hydrogen-bond acceptors (Lipinski definition) is 3. The van der Waals surface area contributed by atoms with Crippen molar-refractivity contribution in [3.63, 3.8) is 0 Å². The predicted octanol–water partition coefficient (Wildman–Crippen LogP) is 2.53. The van der Waals surface area contributed by atoms with E-state index in [1.54, 1.807) is 0 Å². The molecule has 0 bridgehead atoms. The fourth-order valence-corrected chi connectivity index (χ4v) is 2.56. The summed E-state index contributed by atoms with van der Waals surface area (Å²) in [5, 5.41) is 8.96. The van der Waals surface area contributed by atoms with E-state index in [-0.39, 0.29) is 12.5 Å². The van der Waals surface area contributed by atoms with Crippen LogP contribution in [0.3, 0.4) is 0 Å². The quantitative estimate of drug-likeness (QED) is 0.800. The predicted molar refractivity (Wildman–Crippen MR) is 82.3 cm³/mol. The molecule has 1 amide bonds. The maximum Gasteiger partial charge on any atom is 0.226 e.